The van der Waals surface area contributed by atoms with Crippen molar-refractivity contribution in [2.75, 3.05) is 18.4 Å². The highest BCUT2D eigenvalue weighted by molar-refractivity contribution is 9.09. The van der Waals surface area contributed by atoms with Crippen LogP contribution in [0, 0.1) is 5.92 Å². The monoisotopic (exact) mass is 267 g/mol. The molecule has 1 saturated heterocycles. The first-order valence-electron chi connectivity index (χ1n) is 5.70. The third-order valence-corrected chi connectivity index (χ3v) is 3.59. The molecule has 0 spiro atoms. The molecular formula is C13H18BrN. The molecule has 1 aliphatic rings. The summed E-state index contributed by atoms with van der Waals surface area (Å²) in [6, 6.07) is 10.8. The van der Waals surface area contributed by atoms with Gasteiger partial charge in [0.15, 0.2) is 0 Å². The molecule has 0 unspecified atom stereocenters. The van der Waals surface area contributed by atoms with Crippen LogP contribution in [0.2, 0.25) is 0 Å². The molecule has 0 amide bonds. The third kappa shape index (κ3) is 3.32. The van der Waals surface area contributed by atoms with Crippen molar-refractivity contribution in [2.45, 2.75) is 19.4 Å². The second kappa shape index (κ2) is 5.66. The molecule has 1 aromatic rings. The first-order chi connectivity index (χ1) is 7.38. The lowest BCUT2D eigenvalue weighted by Gasteiger charge is -2.15. The predicted octanol–water partition coefficient (Wildman–Crippen LogP) is 3.29. The van der Waals surface area contributed by atoms with E-state index in [-0.39, 0.29) is 0 Å². The summed E-state index contributed by atoms with van der Waals surface area (Å²) >= 11 is 3.53. The fraction of sp³-hybridized carbons (Fsp3) is 0.538. The Bertz CT molecular complexity index is 286. The molecule has 82 valence electrons. The zero-order valence-electron chi connectivity index (χ0n) is 9.03. The van der Waals surface area contributed by atoms with E-state index in [2.05, 4.69) is 51.2 Å². The Hall–Kier alpha value is -0.340. The number of benzene rings is 1. The van der Waals surface area contributed by atoms with Gasteiger partial charge >= 0.3 is 0 Å². The summed E-state index contributed by atoms with van der Waals surface area (Å²) in [6.45, 7) is 3.67. The van der Waals surface area contributed by atoms with Crippen molar-refractivity contribution in [3.8, 4) is 0 Å². The summed E-state index contributed by atoms with van der Waals surface area (Å²) in [5, 5.41) is 1.15. The molecule has 0 aliphatic carbocycles. The first-order valence-corrected chi connectivity index (χ1v) is 6.83. The normalized spacial score (nSPS) is 22.1. The minimum absolute atomic E-state index is 0.910. The number of nitrogens with zero attached hydrogens (tertiary/aromatic N) is 1. The maximum Gasteiger partial charge on any atom is 0.0233 e. The molecular weight excluding hydrogens is 250 g/mol. The highest BCUT2D eigenvalue weighted by Gasteiger charge is 2.21. The van der Waals surface area contributed by atoms with Crippen LogP contribution < -0.4 is 0 Å². The van der Waals surface area contributed by atoms with E-state index in [1.54, 1.807) is 0 Å². The summed E-state index contributed by atoms with van der Waals surface area (Å²) in [4.78, 5) is 2.57. The molecule has 0 bridgehead atoms. The average molecular weight is 268 g/mol. The molecule has 1 fully saturated rings. The summed E-state index contributed by atoms with van der Waals surface area (Å²) in [5.74, 6) is 0.910. The van der Waals surface area contributed by atoms with Gasteiger partial charge in [0.2, 0.25) is 0 Å². The van der Waals surface area contributed by atoms with E-state index in [4.69, 9.17) is 0 Å². The van der Waals surface area contributed by atoms with E-state index < -0.39 is 0 Å². The fourth-order valence-electron chi connectivity index (χ4n) is 2.29. The Kier molecular flexibility index (Phi) is 4.21. The molecule has 1 aliphatic heterocycles. The summed E-state index contributed by atoms with van der Waals surface area (Å²) in [6.07, 6.45) is 2.70. The van der Waals surface area contributed by atoms with Crippen LogP contribution in [0.1, 0.15) is 18.4 Å². The second-order valence-corrected chi connectivity index (χ2v) is 5.15. The molecule has 2 rings (SSSR count). The molecule has 0 aromatic heterocycles. The zero-order valence-corrected chi connectivity index (χ0v) is 10.6. The van der Waals surface area contributed by atoms with Gasteiger partial charge in [-0.05, 0) is 30.9 Å². The van der Waals surface area contributed by atoms with Crippen LogP contribution in [0.5, 0.6) is 0 Å². The SMILES string of the molecule is BrCC[C@H]1CCN(Cc2ccccc2)C1. The standard InChI is InChI=1S/C13H18BrN/c14-8-6-13-7-9-15(11-13)10-12-4-2-1-3-5-12/h1-5,13H,6-11H2/t13-/m0/s1. The van der Waals surface area contributed by atoms with Gasteiger partial charge in [0, 0.05) is 18.4 Å². The Labute approximate surface area is 101 Å². The number of halogens is 1. The minimum atomic E-state index is 0.910. The molecule has 0 radical (unpaired) electrons. The van der Waals surface area contributed by atoms with Crippen LogP contribution in [0.25, 0.3) is 0 Å². The van der Waals surface area contributed by atoms with Crippen LogP contribution in [0.15, 0.2) is 30.3 Å². The van der Waals surface area contributed by atoms with Crippen molar-refractivity contribution >= 4 is 15.9 Å². The van der Waals surface area contributed by atoms with Crippen molar-refractivity contribution in [1.29, 1.82) is 0 Å². The number of hydrogen-bond donors (Lipinski definition) is 0. The molecule has 15 heavy (non-hydrogen) atoms. The van der Waals surface area contributed by atoms with E-state index in [0.29, 0.717) is 0 Å². The third-order valence-electron chi connectivity index (χ3n) is 3.14. The van der Waals surface area contributed by atoms with Gasteiger partial charge in [-0.25, -0.2) is 0 Å². The molecule has 1 nitrogen and oxygen atoms in total. The van der Waals surface area contributed by atoms with Crippen LogP contribution in [0.3, 0.4) is 0 Å². The molecule has 0 saturated carbocycles. The van der Waals surface area contributed by atoms with Crippen molar-refractivity contribution < 1.29 is 0 Å². The van der Waals surface area contributed by atoms with Gasteiger partial charge in [-0.1, -0.05) is 46.3 Å². The minimum Gasteiger partial charge on any atom is -0.299 e. The van der Waals surface area contributed by atoms with Crippen LogP contribution in [-0.4, -0.2) is 23.3 Å². The largest absolute Gasteiger partial charge is 0.299 e. The van der Waals surface area contributed by atoms with Crippen molar-refractivity contribution in [3.63, 3.8) is 0 Å². The molecule has 0 N–H and O–H groups in total. The molecule has 1 heterocycles. The van der Waals surface area contributed by atoms with Crippen molar-refractivity contribution in [3.05, 3.63) is 35.9 Å². The van der Waals surface area contributed by atoms with Gasteiger partial charge in [0.05, 0.1) is 0 Å². The average Bonchev–Trinajstić information content (AvgIpc) is 2.68. The Morgan fingerprint density at radius 3 is 2.80 bits per heavy atom. The van der Waals surface area contributed by atoms with E-state index in [9.17, 15) is 0 Å². The highest BCUT2D eigenvalue weighted by Crippen LogP contribution is 2.21. The van der Waals surface area contributed by atoms with Crippen molar-refractivity contribution in [1.82, 2.24) is 4.90 Å². The zero-order chi connectivity index (χ0) is 10.5. The van der Waals surface area contributed by atoms with Gasteiger partial charge in [-0.3, -0.25) is 4.90 Å². The van der Waals surface area contributed by atoms with Gasteiger partial charge in [0.1, 0.15) is 0 Å². The maximum absolute atomic E-state index is 3.53. The maximum atomic E-state index is 3.53. The molecule has 1 atom stereocenters. The van der Waals surface area contributed by atoms with E-state index in [0.717, 1.165) is 17.8 Å². The molecule has 2 heteroatoms. The second-order valence-electron chi connectivity index (χ2n) is 4.35. The first kappa shape index (κ1) is 11.2. The summed E-state index contributed by atoms with van der Waals surface area (Å²) < 4.78 is 0. The van der Waals surface area contributed by atoms with Crippen molar-refractivity contribution in [2.24, 2.45) is 5.92 Å². The van der Waals surface area contributed by atoms with Crippen LogP contribution >= 0.6 is 15.9 Å². The Morgan fingerprint density at radius 2 is 2.07 bits per heavy atom. The molecule has 1 aromatic carbocycles. The van der Waals surface area contributed by atoms with Crippen LogP contribution in [0.4, 0.5) is 0 Å². The highest BCUT2D eigenvalue weighted by atomic mass is 79.9. The lowest BCUT2D eigenvalue weighted by molar-refractivity contribution is 0.315. The van der Waals surface area contributed by atoms with E-state index in [1.165, 1.54) is 31.5 Å². The van der Waals surface area contributed by atoms with E-state index in [1.807, 2.05) is 0 Å². The quantitative estimate of drug-likeness (QED) is 0.757. The van der Waals surface area contributed by atoms with Gasteiger partial charge < -0.3 is 0 Å². The number of alkyl halides is 1. The van der Waals surface area contributed by atoms with Gasteiger partial charge in [0.25, 0.3) is 0 Å². The predicted molar refractivity (Wildman–Crippen MR) is 68.2 cm³/mol. The fourth-order valence-corrected chi connectivity index (χ4v) is 2.94. The lowest BCUT2D eigenvalue weighted by atomic mass is 10.1. The van der Waals surface area contributed by atoms with Gasteiger partial charge in [-0.15, -0.1) is 0 Å². The lowest BCUT2D eigenvalue weighted by Crippen LogP contribution is -2.20. The van der Waals surface area contributed by atoms with E-state index >= 15 is 0 Å². The number of hydrogen-bond acceptors (Lipinski definition) is 1. The Balaban J connectivity index is 1.82. The summed E-state index contributed by atoms with van der Waals surface area (Å²) in [5.41, 5.74) is 1.44. The number of rotatable bonds is 4. The smallest absolute Gasteiger partial charge is 0.0233 e. The topological polar surface area (TPSA) is 3.24 Å². The van der Waals surface area contributed by atoms with Gasteiger partial charge in [-0.2, -0.15) is 0 Å². The number of likely N-dealkylation sites (tertiary alicyclic amines) is 1. The Morgan fingerprint density at radius 1 is 1.27 bits per heavy atom. The van der Waals surface area contributed by atoms with Crippen LogP contribution in [-0.2, 0) is 6.54 Å². The summed E-state index contributed by atoms with van der Waals surface area (Å²) in [7, 11) is 0.